The molecule has 1 unspecified atom stereocenters. The van der Waals surface area contributed by atoms with Crippen molar-refractivity contribution in [2.24, 2.45) is 0 Å². The van der Waals surface area contributed by atoms with Gasteiger partial charge in [0.25, 0.3) is 0 Å². The highest BCUT2D eigenvalue weighted by Gasteiger charge is 2.39. The van der Waals surface area contributed by atoms with E-state index in [-0.39, 0.29) is 11.9 Å². The van der Waals surface area contributed by atoms with E-state index in [4.69, 9.17) is 9.97 Å². The number of sulfonamides is 1. The lowest BCUT2D eigenvalue weighted by molar-refractivity contribution is 0.206. The minimum absolute atomic E-state index is 0.0906. The Kier molecular flexibility index (Phi) is 6.16. The lowest BCUT2D eigenvalue weighted by Crippen LogP contribution is -2.61. The van der Waals surface area contributed by atoms with E-state index in [1.807, 2.05) is 50.1 Å². The second kappa shape index (κ2) is 9.04. The van der Waals surface area contributed by atoms with Crippen LogP contribution in [0.25, 0.3) is 11.5 Å². The summed E-state index contributed by atoms with van der Waals surface area (Å²) in [5.74, 6) is 1.27. The molecule has 0 aliphatic carbocycles. The van der Waals surface area contributed by atoms with E-state index in [1.165, 1.54) is 22.7 Å². The number of hydrogen-bond acceptors (Lipinski definition) is 8. The molecule has 5 heterocycles. The molecule has 3 aromatic heterocycles. The normalized spacial score (nSPS) is 20.3. The van der Waals surface area contributed by atoms with Gasteiger partial charge in [-0.15, -0.1) is 0 Å². The van der Waals surface area contributed by atoms with Gasteiger partial charge in [-0.1, -0.05) is 6.07 Å². The second-order valence-electron chi connectivity index (χ2n) is 10.0. The van der Waals surface area contributed by atoms with Gasteiger partial charge in [-0.3, -0.25) is 4.98 Å². The van der Waals surface area contributed by atoms with Crippen LogP contribution in [0.2, 0.25) is 0 Å². The third kappa shape index (κ3) is 4.64. The number of halogens is 1. The number of nitrogens with zero attached hydrogens (tertiary/aromatic N) is 7. The van der Waals surface area contributed by atoms with Crippen LogP contribution in [0.15, 0.2) is 42.7 Å². The fourth-order valence-electron chi connectivity index (χ4n) is 5.22. The Morgan fingerprint density at radius 2 is 1.83 bits per heavy atom. The summed E-state index contributed by atoms with van der Waals surface area (Å²) in [6, 6.07) is 8.42. The predicted molar refractivity (Wildman–Crippen MR) is 137 cm³/mol. The minimum Gasteiger partial charge on any atom is -0.353 e. The largest absolute Gasteiger partial charge is 0.353 e. The number of hydrogen-bond donors (Lipinski definition) is 0. The van der Waals surface area contributed by atoms with Gasteiger partial charge in [-0.05, 0) is 32.9 Å². The molecule has 0 N–H and O–H groups in total. The highest BCUT2D eigenvalue weighted by molar-refractivity contribution is 7.88. The molecule has 190 valence electrons. The summed E-state index contributed by atoms with van der Waals surface area (Å²) in [6.07, 6.45) is 5.45. The highest BCUT2D eigenvalue weighted by atomic mass is 32.2. The van der Waals surface area contributed by atoms with Crippen LogP contribution in [-0.2, 0) is 16.4 Å². The maximum atomic E-state index is 14.8. The zero-order valence-corrected chi connectivity index (χ0v) is 21.7. The van der Waals surface area contributed by atoms with Gasteiger partial charge in [0.2, 0.25) is 10.0 Å². The summed E-state index contributed by atoms with van der Waals surface area (Å²) in [6.45, 7) is 7.61. The highest BCUT2D eigenvalue weighted by Crippen LogP contribution is 2.34. The zero-order valence-electron chi connectivity index (χ0n) is 20.9. The topological polar surface area (TPSA) is 95.4 Å². The molecule has 0 saturated carbocycles. The first-order valence-electron chi connectivity index (χ1n) is 12.0. The van der Waals surface area contributed by atoms with E-state index in [2.05, 4.69) is 14.9 Å². The summed E-state index contributed by atoms with van der Waals surface area (Å²) < 4.78 is 40.7. The van der Waals surface area contributed by atoms with Crippen LogP contribution in [0, 0.1) is 5.82 Å². The van der Waals surface area contributed by atoms with Crippen LogP contribution in [-0.4, -0.2) is 70.6 Å². The molecule has 2 aliphatic heterocycles. The maximum Gasteiger partial charge on any atom is 0.211 e. The molecule has 0 radical (unpaired) electrons. The molecule has 11 heteroatoms. The molecular formula is C25H30FN7O2S. The van der Waals surface area contributed by atoms with Crippen LogP contribution in [0.4, 0.5) is 16.0 Å². The van der Waals surface area contributed by atoms with E-state index in [0.29, 0.717) is 50.1 Å². The Morgan fingerprint density at radius 1 is 1.06 bits per heavy atom. The molecule has 5 rings (SSSR count). The van der Waals surface area contributed by atoms with Gasteiger partial charge in [0.15, 0.2) is 5.82 Å². The van der Waals surface area contributed by atoms with Gasteiger partial charge in [-0.2, -0.15) is 4.31 Å². The third-order valence-electron chi connectivity index (χ3n) is 6.91. The average Bonchev–Trinajstić information content (AvgIpc) is 2.82. The van der Waals surface area contributed by atoms with E-state index >= 15 is 0 Å². The summed E-state index contributed by atoms with van der Waals surface area (Å²) >= 11 is 0. The van der Waals surface area contributed by atoms with Crippen molar-refractivity contribution in [2.45, 2.75) is 38.8 Å². The molecule has 9 nitrogen and oxygen atoms in total. The Labute approximate surface area is 211 Å². The first-order valence-corrected chi connectivity index (χ1v) is 13.8. The third-order valence-corrected chi connectivity index (χ3v) is 8.39. The fourth-order valence-corrected chi connectivity index (χ4v) is 6.59. The average molecular weight is 512 g/mol. The van der Waals surface area contributed by atoms with Crippen molar-refractivity contribution in [1.29, 1.82) is 0 Å². The Balaban J connectivity index is 1.40. The molecule has 3 aromatic rings. The van der Waals surface area contributed by atoms with E-state index < -0.39 is 15.6 Å². The maximum absolute atomic E-state index is 14.8. The van der Waals surface area contributed by atoms with E-state index in [9.17, 15) is 12.8 Å². The Bertz CT molecular complexity index is 1380. The number of aromatic nitrogens is 4. The second-order valence-corrected chi connectivity index (χ2v) is 11.9. The van der Waals surface area contributed by atoms with Gasteiger partial charge < -0.3 is 9.80 Å². The minimum atomic E-state index is -3.34. The van der Waals surface area contributed by atoms with Crippen LogP contribution in [0.3, 0.4) is 0 Å². The Hall–Kier alpha value is -3.18. The predicted octanol–water partition coefficient (Wildman–Crippen LogP) is 3.06. The Morgan fingerprint density at radius 3 is 2.53 bits per heavy atom. The quantitative estimate of drug-likeness (QED) is 0.528. The first-order chi connectivity index (χ1) is 17.0. The first kappa shape index (κ1) is 24.5. The van der Waals surface area contributed by atoms with Crippen LogP contribution in [0.1, 0.15) is 38.1 Å². The molecule has 2 aliphatic rings. The number of pyridine rings is 2. The van der Waals surface area contributed by atoms with Gasteiger partial charge >= 0.3 is 0 Å². The molecule has 1 fully saturated rings. The fraction of sp³-hybridized carbons (Fsp3) is 0.440. The molecular weight excluding hydrogens is 481 g/mol. The molecule has 0 aromatic carbocycles. The van der Waals surface area contributed by atoms with Crippen molar-refractivity contribution in [1.82, 2.24) is 24.2 Å². The van der Waals surface area contributed by atoms with Crippen molar-refractivity contribution in [3.63, 3.8) is 0 Å². The number of fused-ring (bicyclic) bond motifs is 1. The zero-order chi connectivity index (χ0) is 25.7. The van der Waals surface area contributed by atoms with Gasteiger partial charge in [0.05, 0.1) is 18.0 Å². The number of piperazine rings is 1. The van der Waals surface area contributed by atoms with Crippen LogP contribution < -0.4 is 9.80 Å². The van der Waals surface area contributed by atoms with E-state index in [1.54, 1.807) is 6.20 Å². The van der Waals surface area contributed by atoms with Crippen molar-refractivity contribution < 1.29 is 12.8 Å². The SMILES string of the molecule is CC1c2cnc(-c3ccccn3)nc2CCN1c1cc(F)cc(N2CCN(S(C)(=O)=O)C(C)(C)C2)n1. The molecule has 36 heavy (non-hydrogen) atoms. The summed E-state index contributed by atoms with van der Waals surface area (Å²) in [5, 5.41) is 0. The number of rotatable bonds is 4. The lowest BCUT2D eigenvalue weighted by atomic mass is 9.99. The lowest BCUT2D eigenvalue weighted by Gasteiger charge is -2.46. The summed E-state index contributed by atoms with van der Waals surface area (Å²) in [4.78, 5) is 22.5. The van der Waals surface area contributed by atoms with Crippen LogP contribution >= 0.6 is 0 Å². The summed E-state index contributed by atoms with van der Waals surface area (Å²) in [5.41, 5.74) is 2.03. The molecule has 0 bridgehead atoms. The van der Waals surface area contributed by atoms with Crippen molar-refractivity contribution in [2.75, 3.05) is 42.2 Å². The molecule has 0 spiro atoms. The van der Waals surface area contributed by atoms with E-state index in [0.717, 1.165) is 17.0 Å². The van der Waals surface area contributed by atoms with Crippen molar-refractivity contribution in [3.05, 3.63) is 59.8 Å². The van der Waals surface area contributed by atoms with Crippen molar-refractivity contribution >= 4 is 21.7 Å². The monoisotopic (exact) mass is 511 g/mol. The standard InChI is InChI=1S/C25H30FN7O2S/c1-17-19-15-28-24(21-7-5-6-9-27-21)29-20(19)8-10-32(17)23-14-18(26)13-22(30-23)31-11-12-33(36(4,34)35)25(2,3)16-31/h5-7,9,13-15,17H,8,10-12,16H2,1-4H3. The van der Waals surface area contributed by atoms with Gasteiger partial charge in [0, 0.05) is 68.2 Å². The van der Waals surface area contributed by atoms with Gasteiger partial charge in [0.1, 0.15) is 23.1 Å². The van der Waals surface area contributed by atoms with Crippen molar-refractivity contribution in [3.8, 4) is 11.5 Å². The molecule has 0 amide bonds. The molecule has 1 atom stereocenters. The van der Waals surface area contributed by atoms with Gasteiger partial charge in [-0.25, -0.2) is 27.8 Å². The molecule has 1 saturated heterocycles. The smallest absolute Gasteiger partial charge is 0.211 e. The summed E-state index contributed by atoms with van der Waals surface area (Å²) in [7, 11) is -3.34. The van der Waals surface area contributed by atoms with Crippen LogP contribution in [0.5, 0.6) is 0 Å². The number of anilines is 2.